The van der Waals surface area contributed by atoms with E-state index in [1.54, 1.807) is 33.5 Å². The van der Waals surface area contributed by atoms with E-state index in [9.17, 15) is 4.39 Å². The van der Waals surface area contributed by atoms with Crippen molar-refractivity contribution in [1.82, 2.24) is 4.90 Å². The molecule has 0 unspecified atom stereocenters. The van der Waals surface area contributed by atoms with Gasteiger partial charge in [0.1, 0.15) is 5.82 Å². The van der Waals surface area contributed by atoms with Gasteiger partial charge in [0.25, 0.3) is 0 Å². The van der Waals surface area contributed by atoms with Gasteiger partial charge in [-0.2, -0.15) is 0 Å². The number of ether oxygens (including phenoxy) is 3. The summed E-state index contributed by atoms with van der Waals surface area (Å²) in [6.07, 6.45) is 0. The van der Waals surface area contributed by atoms with Crippen LogP contribution in [0.1, 0.15) is 11.1 Å². The molecule has 2 aromatic carbocycles. The highest BCUT2D eigenvalue weighted by atomic mass is 19.1. The Balaban J connectivity index is 2.16. The van der Waals surface area contributed by atoms with Crippen molar-refractivity contribution in [2.24, 2.45) is 0 Å². The Morgan fingerprint density at radius 2 is 1.48 bits per heavy atom. The molecule has 2 aromatic rings. The van der Waals surface area contributed by atoms with Crippen LogP contribution in [0.15, 0.2) is 36.4 Å². The van der Waals surface area contributed by atoms with Gasteiger partial charge in [-0.15, -0.1) is 0 Å². The van der Waals surface area contributed by atoms with Crippen molar-refractivity contribution in [1.29, 1.82) is 0 Å². The van der Waals surface area contributed by atoms with Gasteiger partial charge >= 0.3 is 0 Å². The second-order valence-electron chi connectivity index (χ2n) is 5.29. The fourth-order valence-electron chi connectivity index (χ4n) is 2.54. The molecule has 0 heterocycles. The lowest BCUT2D eigenvalue weighted by molar-refractivity contribution is 0.296. The quantitative estimate of drug-likeness (QED) is 0.782. The largest absolute Gasteiger partial charge is 0.493 e. The molecule has 0 N–H and O–H groups in total. The first-order valence-electron chi connectivity index (χ1n) is 7.29. The molecule has 0 aromatic heterocycles. The number of nitrogens with zero attached hydrogens (tertiary/aromatic N) is 1. The second kappa shape index (κ2) is 7.83. The highest BCUT2D eigenvalue weighted by Crippen LogP contribution is 2.40. The SMILES string of the molecule is COc1ccc(CN(C)Cc2ccc(F)cc2)c(OC)c1OC. The Morgan fingerprint density at radius 1 is 0.826 bits per heavy atom. The van der Waals surface area contributed by atoms with Crippen molar-refractivity contribution < 1.29 is 18.6 Å². The predicted octanol–water partition coefficient (Wildman–Crippen LogP) is 3.48. The summed E-state index contributed by atoms with van der Waals surface area (Å²) >= 11 is 0. The van der Waals surface area contributed by atoms with Crippen molar-refractivity contribution in [3.05, 3.63) is 53.3 Å². The van der Waals surface area contributed by atoms with E-state index in [0.717, 1.165) is 11.1 Å². The topological polar surface area (TPSA) is 30.9 Å². The summed E-state index contributed by atoms with van der Waals surface area (Å²) in [5.41, 5.74) is 2.04. The molecule has 0 aliphatic carbocycles. The smallest absolute Gasteiger partial charge is 0.203 e. The van der Waals surface area contributed by atoms with Gasteiger partial charge in [-0.1, -0.05) is 18.2 Å². The monoisotopic (exact) mass is 319 g/mol. The van der Waals surface area contributed by atoms with E-state index in [1.807, 2.05) is 19.2 Å². The number of hydrogen-bond donors (Lipinski definition) is 0. The summed E-state index contributed by atoms with van der Waals surface area (Å²) in [6, 6.07) is 10.3. The summed E-state index contributed by atoms with van der Waals surface area (Å²) < 4.78 is 29.2. The third-order valence-electron chi connectivity index (χ3n) is 3.59. The molecule has 0 fully saturated rings. The van der Waals surface area contributed by atoms with Crippen LogP contribution in [0, 0.1) is 5.82 Å². The zero-order valence-corrected chi connectivity index (χ0v) is 13.9. The molecular formula is C18H22FNO3. The van der Waals surface area contributed by atoms with Crippen LogP contribution in [0.4, 0.5) is 4.39 Å². The van der Waals surface area contributed by atoms with Crippen molar-refractivity contribution in [2.45, 2.75) is 13.1 Å². The molecule has 0 aliphatic heterocycles. The molecule has 0 saturated carbocycles. The van der Waals surface area contributed by atoms with Crippen LogP contribution in [0.5, 0.6) is 17.2 Å². The van der Waals surface area contributed by atoms with Gasteiger partial charge in [-0.25, -0.2) is 4.39 Å². The van der Waals surface area contributed by atoms with Crippen LogP contribution >= 0.6 is 0 Å². The molecule has 2 rings (SSSR count). The van der Waals surface area contributed by atoms with Crippen LogP contribution < -0.4 is 14.2 Å². The molecule has 0 radical (unpaired) electrons. The molecule has 0 amide bonds. The lowest BCUT2D eigenvalue weighted by Crippen LogP contribution is -2.18. The third-order valence-corrected chi connectivity index (χ3v) is 3.59. The van der Waals surface area contributed by atoms with E-state index in [-0.39, 0.29) is 5.82 Å². The third kappa shape index (κ3) is 4.13. The lowest BCUT2D eigenvalue weighted by Gasteiger charge is -2.20. The van der Waals surface area contributed by atoms with Gasteiger partial charge < -0.3 is 14.2 Å². The van der Waals surface area contributed by atoms with E-state index >= 15 is 0 Å². The van der Waals surface area contributed by atoms with Crippen molar-refractivity contribution in [3.63, 3.8) is 0 Å². The molecule has 23 heavy (non-hydrogen) atoms. The Morgan fingerprint density at radius 3 is 2.04 bits per heavy atom. The Kier molecular flexibility index (Phi) is 5.82. The normalized spacial score (nSPS) is 10.7. The van der Waals surface area contributed by atoms with E-state index in [1.165, 1.54) is 12.1 Å². The number of hydrogen-bond acceptors (Lipinski definition) is 4. The van der Waals surface area contributed by atoms with E-state index < -0.39 is 0 Å². The van der Waals surface area contributed by atoms with Gasteiger partial charge in [-0.05, 0) is 30.8 Å². The van der Waals surface area contributed by atoms with Gasteiger partial charge in [0, 0.05) is 18.7 Å². The zero-order chi connectivity index (χ0) is 16.8. The molecule has 0 bridgehead atoms. The number of benzene rings is 2. The highest BCUT2D eigenvalue weighted by Gasteiger charge is 2.16. The zero-order valence-electron chi connectivity index (χ0n) is 13.9. The summed E-state index contributed by atoms with van der Waals surface area (Å²) in [6.45, 7) is 1.37. The molecular weight excluding hydrogens is 297 g/mol. The molecule has 0 atom stereocenters. The summed E-state index contributed by atoms with van der Waals surface area (Å²) in [5.74, 6) is 1.66. The molecule has 0 saturated heterocycles. The summed E-state index contributed by atoms with van der Waals surface area (Å²) in [7, 11) is 6.80. The van der Waals surface area contributed by atoms with Gasteiger partial charge in [0.2, 0.25) is 5.75 Å². The maximum Gasteiger partial charge on any atom is 0.203 e. The first-order chi connectivity index (χ1) is 11.1. The number of rotatable bonds is 7. The van der Waals surface area contributed by atoms with E-state index in [2.05, 4.69) is 4.90 Å². The van der Waals surface area contributed by atoms with Crippen LogP contribution in [-0.4, -0.2) is 33.3 Å². The molecule has 0 spiro atoms. The minimum absolute atomic E-state index is 0.224. The molecule has 124 valence electrons. The fourth-order valence-corrected chi connectivity index (χ4v) is 2.54. The standard InChI is InChI=1S/C18H22FNO3/c1-20(11-13-5-8-15(19)9-6-13)12-14-7-10-16(21-2)18(23-4)17(14)22-3/h5-10H,11-12H2,1-4H3. The molecule has 0 aliphatic rings. The number of halogens is 1. The van der Waals surface area contributed by atoms with Gasteiger partial charge in [-0.3, -0.25) is 4.90 Å². The van der Waals surface area contributed by atoms with Crippen LogP contribution in [0.2, 0.25) is 0 Å². The van der Waals surface area contributed by atoms with E-state index in [0.29, 0.717) is 30.3 Å². The van der Waals surface area contributed by atoms with Crippen molar-refractivity contribution in [2.75, 3.05) is 28.4 Å². The Bertz CT molecular complexity index is 643. The van der Waals surface area contributed by atoms with Crippen LogP contribution in [-0.2, 0) is 13.1 Å². The Labute approximate surface area is 136 Å². The fraction of sp³-hybridized carbons (Fsp3) is 0.333. The Hall–Kier alpha value is -2.27. The van der Waals surface area contributed by atoms with Crippen molar-refractivity contribution in [3.8, 4) is 17.2 Å². The van der Waals surface area contributed by atoms with Gasteiger partial charge in [0.15, 0.2) is 11.5 Å². The van der Waals surface area contributed by atoms with Gasteiger partial charge in [0.05, 0.1) is 21.3 Å². The summed E-state index contributed by atoms with van der Waals surface area (Å²) in [5, 5.41) is 0. The highest BCUT2D eigenvalue weighted by molar-refractivity contribution is 5.55. The first kappa shape index (κ1) is 17.1. The lowest BCUT2D eigenvalue weighted by atomic mass is 10.1. The van der Waals surface area contributed by atoms with Crippen molar-refractivity contribution >= 4 is 0 Å². The second-order valence-corrected chi connectivity index (χ2v) is 5.29. The maximum atomic E-state index is 13.0. The minimum atomic E-state index is -0.224. The molecule has 5 heteroatoms. The molecule has 4 nitrogen and oxygen atoms in total. The maximum absolute atomic E-state index is 13.0. The average Bonchev–Trinajstić information content (AvgIpc) is 2.56. The van der Waals surface area contributed by atoms with E-state index in [4.69, 9.17) is 14.2 Å². The average molecular weight is 319 g/mol. The minimum Gasteiger partial charge on any atom is -0.493 e. The van der Waals surface area contributed by atoms with Crippen LogP contribution in [0.25, 0.3) is 0 Å². The summed E-state index contributed by atoms with van der Waals surface area (Å²) in [4.78, 5) is 2.12. The number of methoxy groups -OCH3 is 3. The first-order valence-corrected chi connectivity index (χ1v) is 7.29. The van der Waals surface area contributed by atoms with Crippen LogP contribution in [0.3, 0.4) is 0 Å². The predicted molar refractivity (Wildman–Crippen MR) is 87.7 cm³/mol.